The molecule has 0 atom stereocenters. The van der Waals surface area contributed by atoms with Crippen LogP contribution in [0.25, 0.3) is 11.4 Å². The van der Waals surface area contributed by atoms with E-state index in [2.05, 4.69) is 15.1 Å². The van der Waals surface area contributed by atoms with Crippen LogP contribution < -0.4 is 0 Å². The number of nitrogens with zero attached hydrogens (tertiary/aromatic N) is 5. The molecule has 1 aliphatic rings. The number of carbonyl (C=O) groups excluding carboxylic acids is 1. The molecule has 152 valence electrons. The number of carbonyl (C=O) groups is 1. The summed E-state index contributed by atoms with van der Waals surface area (Å²) in [5.74, 6) is 1.82. The maximum absolute atomic E-state index is 12.1. The van der Waals surface area contributed by atoms with Crippen molar-refractivity contribution in [1.29, 1.82) is 0 Å². The Morgan fingerprint density at radius 3 is 2.43 bits per heavy atom. The number of benzene rings is 1. The average molecular weight is 404 g/mol. The molecule has 1 saturated heterocycles. The molecule has 28 heavy (non-hydrogen) atoms. The van der Waals surface area contributed by atoms with Crippen LogP contribution in [0.3, 0.4) is 0 Å². The maximum atomic E-state index is 12.1. The van der Waals surface area contributed by atoms with Gasteiger partial charge >= 0.3 is 6.09 Å². The first-order valence-electron chi connectivity index (χ1n) is 9.61. The molecule has 0 unspecified atom stereocenters. The SMILES string of the molecule is Cn1c(SCCN2CCN(C(=O)OC(C)(C)C)CC2)nnc1-c1ccccc1. The normalized spacial score (nSPS) is 15.6. The van der Waals surface area contributed by atoms with Gasteiger partial charge in [-0.1, -0.05) is 42.1 Å². The minimum atomic E-state index is -0.445. The number of piperazine rings is 1. The van der Waals surface area contributed by atoms with E-state index in [1.54, 1.807) is 16.7 Å². The Bertz CT molecular complexity index is 780. The third kappa shape index (κ3) is 5.48. The first-order valence-corrected chi connectivity index (χ1v) is 10.6. The summed E-state index contributed by atoms with van der Waals surface area (Å²) in [7, 11) is 2.00. The lowest BCUT2D eigenvalue weighted by Gasteiger charge is -2.35. The molecule has 0 bridgehead atoms. The predicted octanol–water partition coefficient (Wildman–Crippen LogP) is 3.13. The van der Waals surface area contributed by atoms with Crippen LogP contribution in [0, 0.1) is 0 Å². The molecule has 3 rings (SSSR count). The number of amides is 1. The number of ether oxygens (including phenoxy) is 1. The van der Waals surface area contributed by atoms with Crippen LogP contribution in [0.2, 0.25) is 0 Å². The lowest BCUT2D eigenvalue weighted by molar-refractivity contribution is 0.0150. The van der Waals surface area contributed by atoms with Crippen molar-refractivity contribution in [2.45, 2.75) is 31.5 Å². The van der Waals surface area contributed by atoms with Gasteiger partial charge in [0.15, 0.2) is 11.0 Å². The molecule has 1 amide bonds. The van der Waals surface area contributed by atoms with Gasteiger partial charge in [0, 0.05) is 51.1 Å². The smallest absolute Gasteiger partial charge is 0.410 e. The molecule has 0 N–H and O–H groups in total. The van der Waals surface area contributed by atoms with Crippen molar-refractivity contribution < 1.29 is 9.53 Å². The molecule has 7 nitrogen and oxygen atoms in total. The largest absolute Gasteiger partial charge is 0.444 e. The summed E-state index contributed by atoms with van der Waals surface area (Å²) in [5.41, 5.74) is 0.627. The van der Waals surface area contributed by atoms with Gasteiger partial charge in [-0.05, 0) is 20.8 Å². The second-order valence-electron chi connectivity index (χ2n) is 7.89. The summed E-state index contributed by atoms with van der Waals surface area (Å²) in [4.78, 5) is 16.3. The molecule has 2 aromatic rings. The third-order valence-corrected chi connectivity index (χ3v) is 5.53. The van der Waals surface area contributed by atoms with E-state index in [1.165, 1.54) is 0 Å². The highest BCUT2D eigenvalue weighted by molar-refractivity contribution is 7.99. The van der Waals surface area contributed by atoms with E-state index in [4.69, 9.17) is 4.74 Å². The molecule has 1 aromatic heterocycles. The van der Waals surface area contributed by atoms with E-state index in [1.807, 2.05) is 62.7 Å². The zero-order valence-electron chi connectivity index (χ0n) is 17.1. The van der Waals surface area contributed by atoms with Gasteiger partial charge in [0.1, 0.15) is 5.60 Å². The van der Waals surface area contributed by atoms with E-state index < -0.39 is 5.60 Å². The molecule has 0 saturated carbocycles. The molecule has 1 fully saturated rings. The Hall–Kier alpha value is -2.06. The lowest BCUT2D eigenvalue weighted by atomic mass is 10.2. The van der Waals surface area contributed by atoms with Crippen molar-refractivity contribution in [3.8, 4) is 11.4 Å². The Kier molecular flexibility index (Phi) is 6.61. The maximum Gasteiger partial charge on any atom is 0.410 e. The minimum Gasteiger partial charge on any atom is -0.444 e. The summed E-state index contributed by atoms with van der Waals surface area (Å²) < 4.78 is 7.49. The molecule has 0 spiro atoms. The fourth-order valence-electron chi connectivity index (χ4n) is 3.03. The van der Waals surface area contributed by atoms with Gasteiger partial charge in [0.2, 0.25) is 0 Å². The summed E-state index contributed by atoms with van der Waals surface area (Å²) in [5, 5.41) is 9.58. The van der Waals surface area contributed by atoms with Gasteiger partial charge < -0.3 is 14.2 Å². The fraction of sp³-hybridized carbons (Fsp3) is 0.550. The van der Waals surface area contributed by atoms with Crippen LogP contribution in [0.5, 0.6) is 0 Å². The van der Waals surface area contributed by atoms with Gasteiger partial charge in [-0.2, -0.15) is 0 Å². The number of hydrogen-bond donors (Lipinski definition) is 0. The van der Waals surface area contributed by atoms with Crippen LogP contribution in [-0.2, 0) is 11.8 Å². The van der Waals surface area contributed by atoms with Gasteiger partial charge in [-0.25, -0.2) is 4.79 Å². The first-order chi connectivity index (χ1) is 13.3. The van der Waals surface area contributed by atoms with Crippen molar-refractivity contribution >= 4 is 17.9 Å². The average Bonchev–Trinajstić information content (AvgIpc) is 3.02. The van der Waals surface area contributed by atoms with Crippen molar-refractivity contribution in [3.05, 3.63) is 30.3 Å². The summed E-state index contributed by atoms with van der Waals surface area (Å²) in [6, 6.07) is 10.1. The molecule has 8 heteroatoms. The second kappa shape index (κ2) is 8.96. The molecule has 0 aliphatic carbocycles. The monoisotopic (exact) mass is 403 g/mol. The van der Waals surface area contributed by atoms with Crippen molar-refractivity contribution in [1.82, 2.24) is 24.6 Å². The van der Waals surface area contributed by atoms with Gasteiger partial charge in [0.25, 0.3) is 0 Å². The van der Waals surface area contributed by atoms with E-state index in [0.29, 0.717) is 13.1 Å². The van der Waals surface area contributed by atoms with Crippen molar-refractivity contribution in [2.75, 3.05) is 38.5 Å². The first kappa shape index (κ1) is 20.7. The van der Waals surface area contributed by atoms with Crippen LogP contribution in [0.15, 0.2) is 35.5 Å². The van der Waals surface area contributed by atoms with E-state index in [0.717, 1.165) is 41.9 Å². The number of hydrogen-bond acceptors (Lipinski definition) is 6. The Labute approximate surface area is 171 Å². The second-order valence-corrected chi connectivity index (χ2v) is 8.95. The van der Waals surface area contributed by atoms with E-state index in [9.17, 15) is 4.79 Å². The Balaban J connectivity index is 1.43. The molecule has 1 aliphatic heterocycles. The van der Waals surface area contributed by atoms with Crippen molar-refractivity contribution in [3.63, 3.8) is 0 Å². The van der Waals surface area contributed by atoms with Crippen LogP contribution in [0.4, 0.5) is 4.79 Å². The standard InChI is InChI=1S/C20H29N5O2S/c1-20(2,3)27-19(26)25-12-10-24(11-13-25)14-15-28-18-22-21-17(23(18)4)16-8-6-5-7-9-16/h5-9H,10-15H2,1-4H3. The molecule has 1 aromatic carbocycles. The van der Waals surface area contributed by atoms with Gasteiger partial charge in [0.05, 0.1) is 0 Å². The highest BCUT2D eigenvalue weighted by Gasteiger charge is 2.25. The number of rotatable bonds is 5. The quantitative estimate of drug-likeness (QED) is 0.715. The molecular formula is C20H29N5O2S. The summed E-state index contributed by atoms with van der Waals surface area (Å²) >= 11 is 1.71. The summed E-state index contributed by atoms with van der Waals surface area (Å²) in [6.07, 6.45) is -0.214. The summed E-state index contributed by atoms with van der Waals surface area (Å²) in [6.45, 7) is 9.81. The van der Waals surface area contributed by atoms with Crippen molar-refractivity contribution in [2.24, 2.45) is 7.05 Å². The highest BCUT2D eigenvalue weighted by Crippen LogP contribution is 2.22. The topological polar surface area (TPSA) is 63.5 Å². The lowest BCUT2D eigenvalue weighted by Crippen LogP contribution is -2.50. The number of aromatic nitrogens is 3. The van der Waals surface area contributed by atoms with Crippen LogP contribution >= 0.6 is 11.8 Å². The van der Waals surface area contributed by atoms with Crippen LogP contribution in [0.1, 0.15) is 20.8 Å². The highest BCUT2D eigenvalue weighted by atomic mass is 32.2. The molecular weight excluding hydrogens is 374 g/mol. The Morgan fingerprint density at radius 1 is 1.11 bits per heavy atom. The molecule has 2 heterocycles. The molecule has 0 radical (unpaired) electrons. The van der Waals surface area contributed by atoms with E-state index in [-0.39, 0.29) is 6.09 Å². The van der Waals surface area contributed by atoms with Gasteiger partial charge in [-0.15, -0.1) is 10.2 Å². The minimum absolute atomic E-state index is 0.214. The zero-order valence-corrected chi connectivity index (χ0v) is 17.9. The number of thioether (sulfide) groups is 1. The fourth-order valence-corrected chi connectivity index (χ4v) is 3.94. The Morgan fingerprint density at radius 2 is 1.79 bits per heavy atom. The van der Waals surface area contributed by atoms with Gasteiger partial charge in [-0.3, -0.25) is 4.90 Å². The third-order valence-electron chi connectivity index (χ3n) is 4.53. The predicted molar refractivity (Wildman–Crippen MR) is 111 cm³/mol. The van der Waals surface area contributed by atoms with E-state index >= 15 is 0 Å². The zero-order chi connectivity index (χ0) is 20.1. The van der Waals surface area contributed by atoms with Crippen LogP contribution in [-0.4, -0.2) is 74.7 Å².